The van der Waals surface area contributed by atoms with Crippen molar-refractivity contribution in [1.29, 1.82) is 0 Å². The SMILES string of the molecule is COC(=O)CNC(=O)CN1C(=O)c2ccccc2[C@H]1c1c(-c2ccc(C)cc2)[nH]c2ccccc12. The molecule has 35 heavy (non-hydrogen) atoms. The van der Waals surface area contributed by atoms with Gasteiger partial charge in [-0.2, -0.15) is 0 Å². The van der Waals surface area contributed by atoms with Crippen LogP contribution in [0, 0.1) is 6.92 Å². The lowest BCUT2D eigenvalue weighted by Gasteiger charge is -2.26. The molecule has 1 aliphatic heterocycles. The number of para-hydroxylation sites is 1. The van der Waals surface area contributed by atoms with Gasteiger partial charge in [0.05, 0.1) is 18.8 Å². The van der Waals surface area contributed by atoms with Gasteiger partial charge in [0.25, 0.3) is 5.91 Å². The lowest BCUT2D eigenvalue weighted by molar-refractivity contribution is -0.141. The molecule has 0 unspecified atom stereocenters. The van der Waals surface area contributed by atoms with E-state index < -0.39 is 17.9 Å². The normalized spacial score (nSPS) is 14.7. The third-order valence-electron chi connectivity index (χ3n) is 6.39. The molecule has 7 heteroatoms. The maximum Gasteiger partial charge on any atom is 0.325 e. The number of esters is 1. The zero-order valence-corrected chi connectivity index (χ0v) is 19.5. The number of benzene rings is 3. The van der Waals surface area contributed by atoms with Gasteiger partial charge in [-0.25, -0.2) is 0 Å². The molecule has 0 spiro atoms. The predicted octanol–water partition coefficient (Wildman–Crippen LogP) is 3.98. The van der Waals surface area contributed by atoms with Crippen LogP contribution in [0.4, 0.5) is 0 Å². The highest BCUT2D eigenvalue weighted by Gasteiger charge is 2.41. The van der Waals surface area contributed by atoms with Crippen molar-refractivity contribution < 1.29 is 19.1 Å². The molecule has 1 aliphatic rings. The Morgan fingerprint density at radius 1 is 1.00 bits per heavy atom. The van der Waals surface area contributed by atoms with Crippen molar-refractivity contribution in [1.82, 2.24) is 15.2 Å². The maximum atomic E-state index is 13.5. The summed E-state index contributed by atoms with van der Waals surface area (Å²) in [5.41, 5.74) is 6.34. The fourth-order valence-corrected chi connectivity index (χ4v) is 4.69. The number of carbonyl (C=O) groups is 3. The molecule has 0 radical (unpaired) electrons. The van der Waals surface area contributed by atoms with Crippen molar-refractivity contribution in [3.05, 3.63) is 95.1 Å². The molecule has 5 rings (SSSR count). The van der Waals surface area contributed by atoms with Gasteiger partial charge in [-0.15, -0.1) is 0 Å². The van der Waals surface area contributed by atoms with E-state index in [9.17, 15) is 14.4 Å². The average Bonchev–Trinajstić information content (AvgIpc) is 3.38. The van der Waals surface area contributed by atoms with Crippen LogP contribution in [0.25, 0.3) is 22.2 Å². The number of nitrogens with zero attached hydrogens (tertiary/aromatic N) is 1. The van der Waals surface area contributed by atoms with Crippen LogP contribution in [0.5, 0.6) is 0 Å². The molecule has 0 aliphatic carbocycles. The van der Waals surface area contributed by atoms with Crippen LogP contribution in [0.3, 0.4) is 0 Å². The summed E-state index contributed by atoms with van der Waals surface area (Å²) >= 11 is 0. The Balaban J connectivity index is 1.64. The molecule has 1 atom stereocenters. The summed E-state index contributed by atoms with van der Waals surface area (Å²) in [5.74, 6) is -1.21. The fraction of sp³-hybridized carbons (Fsp3) is 0.179. The first-order valence-electron chi connectivity index (χ1n) is 11.4. The summed E-state index contributed by atoms with van der Waals surface area (Å²) in [4.78, 5) is 42.9. The predicted molar refractivity (Wildman–Crippen MR) is 133 cm³/mol. The Morgan fingerprint density at radius 2 is 1.71 bits per heavy atom. The van der Waals surface area contributed by atoms with E-state index >= 15 is 0 Å². The van der Waals surface area contributed by atoms with Gasteiger partial charge in [-0.1, -0.05) is 66.2 Å². The molecule has 1 aromatic heterocycles. The van der Waals surface area contributed by atoms with E-state index in [1.54, 1.807) is 11.0 Å². The minimum atomic E-state index is -0.552. The lowest BCUT2D eigenvalue weighted by atomic mass is 9.93. The second-order valence-corrected chi connectivity index (χ2v) is 8.60. The number of amides is 2. The monoisotopic (exact) mass is 467 g/mol. The van der Waals surface area contributed by atoms with Gasteiger partial charge < -0.3 is 19.9 Å². The van der Waals surface area contributed by atoms with E-state index in [4.69, 9.17) is 0 Å². The van der Waals surface area contributed by atoms with Crippen LogP contribution in [-0.4, -0.2) is 47.9 Å². The van der Waals surface area contributed by atoms with E-state index in [0.717, 1.165) is 38.9 Å². The van der Waals surface area contributed by atoms with Gasteiger partial charge in [-0.05, 0) is 30.2 Å². The number of hydrogen-bond donors (Lipinski definition) is 2. The van der Waals surface area contributed by atoms with Crippen LogP contribution in [0.2, 0.25) is 0 Å². The number of ether oxygens (including phenoxy) is 1. The van der Waals surface area contributed by atoms with Crippen molar-refractivity contribution in [2.75, 3.05) is 20.2 Å². The Bertz CT molecular complexity index is 1440. The van der Waals surface area contributed by atoms with Gasteiger partial charge in [0, 0.05) is 22.0 Å². The molecule has 0 saturated heterocycles. The molecule has 2 amide bonds. The summed E-state index contributed by atoms with van der Waals surface area (Å²) in [6.07, 6.45) is 0. The Hall–Kier alpha value is -4.39. The second-order valence-electron chi connectivity index (χ2n) is 8.60. The first-order valence-corrected chi connectivity index (χ1v) is 11.4. The molecule has 3 aromatic carbocycles. The van der Waals surface area contributed by atoms with Gasteiger partial charge in [0.1, 0.15) is 13.1 Å². The number of H-pyrrole nitrogens is 1. The van der Waals surface area contributed by atoms with Crippen molar-refractivity contribution in [2.45, 2.75) is 13.0 Å². The molecule has 0 fully saturated rings. The van der Waals surface area contributed by atoms with Gasteiger partial charge in [0.15, 0.2) is 0 Å². The summed E-state index contributed by atoms with van der Waals surface area (Å²) in [7, 11) is 1.26. The Morgan fingerprint density at radius 3 is 2.49 bits per heavy atom. The van der Waals surface area contributed by atoms with Crippen molar-refractivity contribution >= 4 is 28.7 Å². The first kappa shape index (κ1) is 22.4. The summed E-state index contributed by atoms with van der Waals surface area (Å²) in [5, 5.41) is 3.53. The number of rotatable bonds is 6. The highest BCUT2D eigenvalue weighted by Crippen LogP contribution is 2.45. The largest absolute Gasteiger partial charge is 0.468 e. The van der Waals surface area contributed by atoms with Crippen LogP contribution in [0.1, 0.15) is 33.1 Å². The number of nitrogens with one attached hydrogen (secondary N) is 2. The van der Waals surface area contributed by atoms with Crippen molar-refractivity contribution in [3.63, 3.8) is 0 Å². The third-order valence-corrected chi connectivity index (χ3v) is 6.39. The summed E-state index contributed by atoms with van der Waals surface area (Å²) in [6, 6.07) is 23.2. The first-order chi connectivity index (χ1) is 17.0. The number of methoxy groups -OCH3 is 1. The van der Waals surface area contributed by atoms with Crippen molar-refractivity contribution in [3.8, 4) is 11.3 Å². The number of fused-ring (bicyclic) bond motifs is 2. The zero-order valence-electron chi connectivity index (χ0n) is 19.5. The van der Waals surface area contributed by atoms with Crippen LogP contribution in [0.15, 0.2) is 72.8 Å². The summed E-state index contributed by atoms with van der Waals surface area (Å²) in [6.45, 7) is 1.59. The molecule has 2 heterocycles. The van der Waals surface area contributed by atoms with Gasteiger partial charge in [-0.3, -0.25) is 14.4 Å². The Labute approximate surface area is 202 Å². The quantitative estimate of drug-likeness (QED) is 0.420. The number of aromatic amines is 1. The maximum absolute atomic E-state index is 13.5. The molecular weight excluding hydrogens is 442 g/mol. The molecule has 0 saturated carbocycles. The number of aryl methyl sites for hydroxylation is 1. The molecular formula is C28H25N3O4. The standard InChI is InChI=1S/C28H25N3O4/c1-17-11-13-18(14-12-17)26-25(21-9-5-6-10-22(21)30-26)27-19-7-3-4-8-20(19)28(34)31(27)16-23(32)29-15-24(33)35-2/h3-14,27,30H,15-16H2,1-2H3,(H,29,32)/t27-/m0/s1. The lowest BCUT2D eigenvalue weighted by Crippen LogP contribution is -2.41. The molecule has 2 N–H and O–H groups in total. The number of hydrogen-bond acceptors (Lipinski definition) is 4. The zero-order chi connectivity index (χ0) is 24.5. The highest BCUT2D eigenvalue weighted by atomic mass is 16.5. The van der Waals surface area contributed by atoms with Crippen LogP contribution < -0.4 is 5.32 Å². The molecule has 4 aromatic rings. The summed E-state index contributed by atoms with van der Waals surface area (Å²) < 4.78 is 4.61. The van der Waals surface area contributed by atoms with Gasteiger partial charge >= 0.3 is 5.97 Å². The minimum Gasteiger partial charge on any atom is -0.468 e. The van der Waals surface area contributed by atoms with E-state index in [2.05, 4.69) is 39.3 Å². The second kappa shape index (κ2) is 9.10. The topological polar surface area (TPSA) is 91.5 Å². The molecule has 7 nitrogen and oxygen atoms in total. The van der Waals surface area contributed by atoms with E-state index in [1.807, 2.05) is 49.4 Å². The fourth-order valence-electron chi connectivity index (χ4n) is 4.69. The molecule has 176 valence electrons. The van der Waals surface area contributed by atoms with Gasteiger partial charge in [0.2, 0.25) is 5.91 Å². The van der Waals surface area contributed by atoms with Crippen LogP contribution in [-0.2, 0) is 14.3 Å². The highest BCUT2D eigenvalue weighted by molar-refractivity contribution is 6.03. The van der Waals surface area contributed by atoms with Crippen LogP contribution >= 0.6 is 0 Å². The van der Waals surface area contributed by atoms with Crippen molar-refractivity contribution in [2.24, 2.45) is 0 Å². The number of carbonyl (C=O) groups excluding carboxylic acids is 3. The minimum absolute atomic E-state index is 0.192. The third kappa shape index (κ3) is 4.05. The average molecular weight is 468 g/mol. The van der Waals surface area contributed by atoms with E-state index in [0.29, 0.717) is 5.56 Å². The number of aromatic nitrogens is 1. The smallest absolute Gasteiger partial charge is 0.325 e. The Kier molecular flexibility index (Phi) is 5.82. The van der Waals surface area contributed by atoms with E-state index in [-0.39, 0.29) is 19.0 Å². The van der Waals surface area contributed by atoms with E-state index in [1.165, 1.54) is 7.11 Å². The molecule has 0 bridgehead atoms.